The number of nitrogens with zero attached hydrogens (tertiary/aromatic N) is 5. The van der Waals surface area contributed by atoms with E-state index < -0.39 is 13.0 Å². The number of anilines is 2. The number of rotatable bonds is 7. The molecule has 5 rings (SSSR count). The van der Waals surface area contributed by atoms with Gasteiger partial charge in [-0.25, -0.2) is 9.55 Å². The summed E-state index contributed by atoms with van der Waals surface area (Å²) >= 11 is 0. The van der Waals surface area contributed by atoms with Crippen LogP contribution >= 0.6 is 0 Å². The Hall–Kier alpha value is -4.16. The summed E-state index contributed by atoms with van der Waals surface area (Å²) in [4.78, 5) is 28.3. The van der Waals surface area contributed by atoms with Crippen LogP contribution in [0, 0.1) is 0 Å². The van der Waals surface area contributed by atoms with E-state index >= 15 is 0 Å². The van der Waals surface area contributed by atoms with Crippen LogP contribution in [0.5, 0.6) is 6.01 Å². The second-order valence-electron chi connectivity index (χ2n) is 8.64. The van der Waals surface area contributed by atoms with Crippen LogP contribution in [0.25, 0.3) is 17.0 Å². The summed E-state index contributed by atoms with van der Waals surface area (Å²) in [7, 11) is 1.96. The second-order valence-corrected chi connectivity index (χ2v) is 8.64. The van der Waals surface area contributed by atoms with Gasteiger partial charge in [-0.05, 0) is 36.0 Å². The Balaban J connectivity index is 1.62. The number of benzene rings is 2. The second kappa shape index (κ2) is 9.48. The molecular weight excluding hydrogens is 461 g/mol. The minimum atomic E-state index is -1.54. The average Bonchev–Trinajstić information content (AvgIpc) is 3.26. The average molecular weight is 487 g/mol. The lowest BCUT2D eigenvalue weighted by Gasteiger charge is -2.29. The Morgan fingerprint density at radius 3 is 2.75 bits per heavy atom. The van der Waals surface area contributed by atoms with Crippen LogP contribution in [-0.2, 0) is 13.0 Å². The topological polar surface area (TPSA) is 152 Å². The third-order valence-corrected chi connectivity index (χ3v) is 6.24. The van der Waals surface area contributed by atoms with E-state index in [0.717, 1.165) is 36.3 Å². The van der Waals surface area contributed by atoms with Crippen molar-refractivity contribution < 1.29 is 19.6 Å². The zero-order chi connectivity index (χ0) is 25.4. The summed E-state index contributed by atoms with van der Waals surface area (Å²) in [6.07, 6.45) is 1.72. The first-order chi connectivity index (χ1) is 17.4. The lowest BCUT2D eigenvalue weighted by molar-refractivity contribution is 0.100. The predicted octanol–water partition coefficient (Wildman–Crippen LogP) is 0.597. The normalized spacial score (nSPS) is 12.9. The summed E-state index contributed by atoms with van der Waals surface area (Å²) in [5.74, 6) is 0.396. The molecule has 4 aromatic rings. The molecule has 2 aromatic heterocycles. The standard InChI is InChI=1S/C24H26BN7O4/c1-31-11-5-9-17-20(31)22(27-13-14-6-3-7-15(12-14)25(34)35)30-23(28-17)32-18-10-4-8-16(21(26)33)19(18)29-24(32)36-2/h3-4,6-8,10,12,34-35H,5,9,11,13H2,1-2H3,(H2,26,33)(H,27,28,30). The smallest absolute Gasteiger partial charge is 0.468 e. The Morgan fingerprint density at radius 2 is 2.00 bits per heavy atom. The Bertz CT molecular complexity index is 1460. The highest BCUT2D eigenvalue weighted by atomic mass is 16.5. The van der Waals surface area contributed by atoms with Gasteiger partial charge in [0, 0.05) is 20.1 Å². The van der Waals surface area contributed by atoms with E-state index in [0.29, 0.717) is 34.8 Å². The molecule has 0 radical (unpaired) electrons. The summed E-state index contributed by atoms with van der Waals surface area (Å²) in [6.45, 7) is 1.28. The SMILES string of the molecule is COc1nc2c(C(N)=O)cccc2n1-c1nc2c(c(NCc3cccc(B(O)O)c3)n1)N(C)CCC2. The number of carbonyl (C=O) groups excluding carboxylic acids is 1. The number of aryl methyl sites for hydroxylation is 1. The van der Waals surface area contributed by atoms with E-state index in [9.17, 15) is 14.8 Å². The number of hydrogen-bond donors (Lipinski definition) is 4. The van der Waals surface area contributed by atoms with Crippen LogP contribution in [0.2, 0.25) is 0 Å². The number of amides is 1. The molecule has 0 spiro atoms. The molecule has 1 aliphatic heterocycles. The Labute approximate surface area is 207 Å². The fourth-order valence-corrected chi connectivity index (χ4v) is 4.54. The van der Waals surface area contributed by atoms with Gasteiger partial charge >= 0.3 is 13.1 Å². The first-order valence-corrected chi connectivity index (χ1v) is 11.5. The van der Waals surface area contributed by atoms with Gasteiger partial charge in [0.25, 0.3) is 5.91 Å². The van der Waals surface area contributed by atoms with Crippen molar-refractivity contribution in [2.45, 2.75) is 19.4 Å². The zero-order valence-corrected chi connectivity index (χ0v) is 20.0. The molecule has 0 fully saturated rings. The summed E-state index contributed by atoms with van der Waals surface area (Å²) in [6, 6.07) is 12.5. The van der Waals surface area contributed by atoms with E-state index in [2.05, 4.69) is 15.2 Å². The van der Waals surface area contributed by atoms with Crippen LogP contribution in [0.1, 0.15) is 28.0 Å². The molecule has 11 nitrogen and oxygen atoms in total. The summed E-state index contributed by atoms with van der Waals surface area (Å²) < 4.78 is 7.20. The molecular formula is C24H26BN7O4. The van der Waals surface area contributed by atoms with E-state index in [4.69, 9.17) is 20.4 Å². The van der Waals surface area contributed by atoms with Crippen molar-refractivity contribution in [3.05, 3.63) is 59.3 Å². The van der Waals surface area contributed by atoms with E-state index in [1.54, 1.807) is 34.9 Å². The fourth-order valence-electron chi connectivity index (χ4n) is 4.54. The number of hydrogen-bond acceptors (Lipinski definition) is 9. The highest BCUT2D eigenvalue weighted by Crippen LogP contribution is 2.34. The van der Waals surface area contributed by atoms with Gasteiger partial charge in [-0.15, -0.1) is 0 Å². The molecule has 3 heterocycles. The Kier molecular flexibility index (Phi) is 6.21. The Morgan fingerprint density at radius 1 is 1.19 bits per heavy atom. The molecule has 0 atom stereocenters. The third kappa shape index (κ3) is 4.21. The number of nitrogens with two attached hydrogens (primary N) is 1. The quantitative estimate of drug-likeness (QED) is 0.275. The van der Waals surface area contributed by atoms with Crippen LogP contribution in [0.3, 0.4) is 0 Å². The number of aromatic nitrogens is 4. The number of primary amides is 1. The van der Waals surface area contributed by atoms with E-state index in [-0.39, 0.29) is 11.6 Å². The highest BCUT2D eigenvalue weighted by Gasteiger charge is 2.25. The first-order valence-electron chi connectivity index (χ1n) is 11.5. The van der Waals surface area contributed by atoms with Crippen LogP contribution < -0.4 is 26.2 Å². The zero-order valence-electron chi connectivity index (χ0n) is 20.0. The van der Waals surface area contributed by atoms with Crippen molar-refractivity contribution in [3.8, 4) is 12.0 Å². The maximum absolute atomic E-state index is 12.0. The molecule has 0 aliphatic carbocycles. The highest BCUT2D eigenvalue weighted by molar-refractivity contribution is 6.58. The van der Waals surface area contributed by atoms with Gasteiger partial charge in [0.15, 0.2) is 5.82 Å². The number of imidazole rings is 1. The summed E-state index contributed by atoms with van der Waals surface area (Å²) in [5, 5.41) is 22.4. The van der Waals surface area contributed by atoms with Crippen LogP contribution in [-0.4, -0.2) is 63.3 Å². The number of nitrogens with one attached hydrogen (secondary N) is 1. The lowest BCUT2D eigenvalue weighted by Crippen LogP contribution is -2.30. The monoisotopic (exact) mass is 487 g/mol. The number of methoxy groups -OCH3 is 1. The molecule has 12 heteroatoms. The van der Waals surface area contributed by atoms with Gasteiger partial charge in [-0.1, -0.05) is 30.3 Å². The minimum Gasteiger partial charge on any atom is -0.468 e. The molecule has 0 saturated carbocycles. The van der Waals surface area contributed by atoms with E-state index in [1.165, 1.54) is 7.11 Å². The molecule has 0 saturated heterocycles. The number of fused-ring (bicyclic) bond motifs is 2. The molecule has 1 aliphatic rings. The molecule has 5 N–H and O–H groups in total. The van der Waals surface area contributed by atoms with Gasteiger partial charge in [-0.2, -0.15) is 9.97 Å². The van der Waals surface area contributed by atoms with Crippen LogP contribution in [0.15, 0.2) is 42.5 Å². The lowest BCUT2D eigenvalue weighted by atomic mass is 9.80. The van der Waals surface area contributed by atoms with Gasteiger partial charge in [0.1, 0.15) is 11.2 Å². The van der Waals surface area contributed by atoms with Gasteiger partial charge < -0.3 is 30.7 Å². The minimum absolute atomic E-state index is 0.235. The van der Waals surface area contributed by atoms with Gasteiger partial charge in [0.05, 0.1) is 23.9 Å². The van der Waals surface area contributed by atoms with Gasteiger partial charge in [0.2, 0.25) is 5.95 Å². The molecule has 0 bridgehead atoms. The van der Waals surface area contributed by atoms with Crippen molar-refractivity contribution in [1.29, 1.82) is 0 Å². The van der Waals surface area contributed by atoms with Crippen molar-refractivity contribution in [3.63, 3.8) is 0 Å². The largest absolute Gasteiger partial charge is 0.488 e. The van der Waals surface area contributed by atoms with Crippen molar-refractivity contribution in [2.75, 3.05) is 30.9 Å². The van der Waals surface area contributed by atoms with Crippen molar-refractivity contribution in [1.82, 2.24) is 19.5 Å². The predicted molar refractivity (Wildman–Crippen MR) is 137 cm³/mol. The van der Waals surface area contributed by atoms with Crippen molar-refractivity contribution in [2.24, 2.45) is 5.73 Å². The summed E-state index contributed by atoms with van der Waals surface area (Å²) in [5.41, 5.74) is 9.93. The molecule has 184 valence electrons. The number of ether oxygens (including phenoxy) is 1. The number of para-hydroxylation sites is 1. The van der Waals surface area contributed by atoms with Crippen molar-refractivity contribution >= 4 is 41.0 Å². The van der Waals surface area contributed by atoms with E-state index in [1.807, 2.05) is 19.2 Å². The third-order valence-electron chi connectivity index (χ3n) is 6.24. The van der Waals surface area contributed by atoms with Crippen LogP contribution in [0.4, 0.5) is 11.5 Å². The maximum Gasteiger partial charge on any atom is 0.488 e. The molecule has 36 heavy (non-hydrogen) atoms. The first kappa shape index (κ1) is 23.6. The molecule has 0 unspecified atom stereocenters. The van der Waals surface area contributed by atoms with Gasteiger partial charge in [-0.3, -0.25) is 4.79 Å². The number of carbonyl (C=O) groups is 1. The fraction of sp³-hybridized carbons (Fsp3) is 0.250. The maximum atomic E-state index is 12.0. The molecule has 2 aromatic carbocycles. The molecule has 1 amide bonds.